The van der Waals surface area contributed by atoms with E-state index in [1.54, 1.807) is 7.11 Å². The number of hydrogen-bond acceptors (Lipinski definition) is 3. The molecule has 0 heterocycles. The Kier molecular flexibility index (Phi) is 5.50. The Morgan fingerprint density at radius 1 is 1.10 bits per heavy atom. The number of benzene rings is 2. The van der Waals surface area contributed by atoms with Gasteiger partial charge in [-0.3, -0.25) is 0 Å². The first kappa shape index (κ1) is 15.2. The van der Waals surface area contributed by atoms with E-state index in [4.69, 9.17) is 9.47 Å². The van der Waals surface area contributed by atoms with Crippen LogP contribution in [0.5, 0.6) is 11.5 Å². The van der Waals surface area contributed by atoms with E-state index in [1.807, 2.05) is 24.3 Å². The van der Waals surface area contributed by atoms with Crippen LogP contribution in [0.1, 0.15) is 24.5 Å². The zero-order valence-corrected chi connectivity index (χ0v) is 13.0. The van der Waals surface area contributed by atoms with E-state index >= 15 is 0 Å². The fraction of sp³-hybridized carbons (Fsp3) is 0.333. The van der Waals surface area contributed by atoms with Crippen molar-refractivity contribution in [2.45, 2.75) is 26.8 Å². The molecule has 2 aromatic carbocycles. The van der Waals surface area contributed by atoms with E-state index in [2.05, 4.69) is 37.4 Å². The van der Waals surface area contributed by atoms with Crippen LogP contribution in [0.3, 0.4) is 0 Å². The molecule has 112 valence electrons. The van der Waals surface area contributed by atoms with Gasteiger partial charge < -0.3 is 14.8 Å². The van der Waals surface area contributed by atoms with Crippen LogP contribution in [0, 0.1) is 6.92 Å². The van der Waals surface area contributed by atoms with Gasteiger partial charge in [0.05, 0.1) is 13.7 Å². The molecule has 3 nitrogen and oxygen atoms in total. The lowest BCUT2D eigenvalue weighted by atomic mass is 10.1. The minimum Gasteiger partial charge on any atom is -0.496 e. The first-order valence-corrected chi connectivity index (χ1v) is 7.33. The summed E-state index contributed by atoms with van der Waals surface area (Å²) in [7, 11) is 1.70. The largest absolute Gasteiger partial charge is 0.496 e. The van der Waals surface area contributed by atoms with Gasteiger partial charge in [0, 0.05) is 18.3 Å². The lowest BCUT2D eigenvalue weighted by Gasteiger charge is -2.11. The fourth-order valence-corrected chi connectivity index (χ4v) is 2.17. The molecule has 0 spiro atoms. The number of rotatable bonds is 7. The van der Waals surface area contributed by atoms with Gasteiger partial charge in [-0.1, -0.05) is 25.1 Å². The molecule has 2 rings (SSSR count). The minimum atomic E-state index is 0.751. The molecule has 0 aliphatic heterocycles. The highest BCUT2D eigenvalue weighted by atomic mass is 16.5. The highest BCUT2D eigenvalue weighted by Crippen LogP contribution is 2.21. The maximum Gasteiger partial charge on any atom is 0.121 e. The first-order chi connectivity index (χ1) is 10.2. The van der Waals surface area contributed by atoms with Gasteiger partial charge in [0.15, 0.2) is 0 Å². The van der Waals surface area contributed by atoms with Crippen molar-refractivity contribution in [3.63, 3.8) is 0 Å². The van der Waals surface area contributed by atoms with Crippen molar-refractivity contribution >= 4 is 5.69 Å². The summed E-state index contributed by atoms with van der Waals surface area (Å²) in [6, 6.07) is 14.3. The third kappa shape index (κ3) is 4.42. The van der Waals surface area contributed by atoms with E-state index in [0.29, 0.717) is 0 Å². The third-order valence-corrected chi connectivity index (χ3v) is 3.26. The van der Waals surface area contributed by atoms with E-state index in [0.717, 1.165) is 42.3 Å². The van der Waals surface area contributed by atoms with Crippen molar-refractivity contribution in [1.29, 1.82) is 0 Å². The molecule has 21 heavy (non-hydrogen) atoms. The number of anilines is 1. The molecule has 0 atom stereocenters. The molecule has 0 amide bonds. The molecule has 3 heteroatoms. The second-order valence-corrected chi connectivity index (χ2v) is 5.03. The number of nitrogens with one attached hydrogen (secondary N) is 1. The maximum atomic E-state index is 5.64. The van der Waals surface area contributed by atoms with Crippen LogP contribution in [0.4, 0.5) is 5.69 Å². The Hall–Kier alpha value is -2.16. The molecular formula is C18H23NO2. The van der Waals surface area contributed by atoms with E-state index < -0.39 is 0 Å². The zero-order valence-electron chi connectivity index (χ0n) is 13.0. The Bertz CT molecular complexity index is 581. The minimum absolute atomic E-state index is 0.751. The van der Waals surface area contributed by atoms with E-state index in [-0.39, 0.29) is 0 Å². The van der Waals surface area contributed by atoms with Gasteiger partial charge in [-0.25, -0.2) is 0 Å². The second-order valence-electron chi connectivity index (χ2n) is 5.03. The summed E-state index contributed by atoms with van der Waals surface area (Å²) < 4.78 is 10.9. The van der Waals surface area contributed by atoms with Crippen molar-refractivity contribution in [1.82, 2.24) is 0 Å². The van der Waals surface area contributed by atoms with Gasteiger partial charge in [0.1, 0.15) is 11.5 Å². The van der Waals surface area contributed by atoms with Gasteiger partial charge in [-0.05, 0) is 42.7 Å². The maximum absolute atomic E-state index is 5.64. The molecule has 0 saturated heterocycles. The summed E-state index contributed by atoms with van der Waals surface area (Å²) in [6.07, 6.45) is 1.02. The van der Waals surface area contributed by atoms with Crippen LogP contribution >= 0.6 is 0 Å². The molecule has 0 bridgehead atoms. The van der Waals surface area contributed by atoms with Gasteiger partial charge in [-0.15, -0.1) is 0 Å². The predicted molar refractivity (Wildman–Crippen MR) is 87.3 cm³/mol. The molecule has 0 unspecified atom stereocenters. The molecule has 0 aliphatic rings. The van der Waals surface area contributed by atoms with Crippen LogP contribution in [-0.4, -0.2) is 13.7 Å². The topological polar surface area (TPSA) is 30.5 Å². The van der Waals surface area contributed by atoms with Gasteiger partial charge in [0.2, 0.25) is 0 Å². The Labute approximate surface area is 126 Å². The quantitative estimate of drug-likeness (QED) is 0.817. The van der Waals surface area contributed by atoms with Crippen molar-refractivity contribution < 1.29 is 9.47 Å². The molecule has 0 aromatic heterocycles. The summed E-state index contributed by atoms with van der Waals surface area (Å²) in [5.74, 6) is 1.83. The zero-order chi connectivity index (χ0) is 15.1. The van der Waals surface area contributed by atoms with Crippen LogP contribution in [0.2, 0.25) is 0 Å². The predicted octanol–water partition coefficient (Wildman–Crippen LogP) is 4.40. The number of methoxy groups -OCH3 is 1. The molecule has 0 saturated carbocycles. The van der Waals surface area contributed by atoms with Crippen LogP contribution < -0.4 is 14.8 Å². The Balaban J connectivity index is 1.97. The van der Waals surface area contributed by atoms with Crippen molar-refractivity contribution in [2.24, 2.45) is 0 Å². The van der Waals surface area contributed by atoms with E-state index in [1.165, 1.54) is 5.56 Å². The van der Waals surface area contributed by atoms with Crippen molar-refractivity contribution in [3.05, 3.63) is 53.6 Å². The van der Waals surface area contributed by atoms with Crippen LogP contribution in [0.25, 0.3) is 0 Å². The average Bonchev–Trinajstić information content (AvgIpc) is 2.51. The molecule has 0 fully saturated rings. The molecule has 2 aromatic rings. The standard InChI is InChI=1S/C18H23NO2/c1-4-10-21-17-7-5-6-16(12-17)19-13-15-8-9-18(20-3)14(2)11-15/h5-9,11-12,19H,4,10,13H2,1-3H3. The molecule has 1 N–H and O–H groups in total. The van der Waals surface area contributed by atoms with Crippen LogP contribution in [0.15, 0.2) is 42.5 Å². The van der Waals surface area contributed by atoms with Gasteiger partial charge in [0.25, 0.3) is 0 Å². The summed E-state index contributed by atoms with van der Waals surface area (Å²) >= 11 is 0. The smallest absolute Gasteiger partial charge is 0.121 e. The lowest BCUT2D eigenvalue weighted by Crippen LogP contribution is -2.01. The van der Waals surface area contributed by atoms with Crippen molar-refractivity contribution in [2.75, 3.05) is 19.0 Å². The molecule has 0 radical (unpaired) electrons. The van der Waals surface area contributed by atoms with E-state index in [9.17, 15) is 0 Å². The number of aryl methyl sites for hydroxylation is 1. The normalized spacial score (nSPS) is 10.2. The Morgan fingerprint density at radius 3 is 2.67 bits per heavy atom. The summed E-state index contributed by atoms with van der Waals surface area (Å²) in [5.41, 5.74) is 3.45. The number of hydrogen-bond donors (Lipinski definition) is 1. The van der Waals surface area contributed by atoms with Gasteiger partial charge >= 0.3 is 0 Å². The number of ether oxygens (including phenoxy) is 2. The fourth-order valence-electron chi connectivity index (χ4n) is 2.17. The third-order valence-electron chi connectivity index (χ3n) is 3.26. The highest BCUT2D eigenvalue weighted by Gasteiger charge is 2.01. The SMILES string of the molecule is CCCOc1cccc(NCc2ccc(OC)c(C)c2)c1. The summed E-state index contributed by atoms with van der Waals surface area (Å²) in [4.78, 5) is 0. The van der Waals surface area contributed by atoms with Crippen LogP contribution in [-0.2, 0) is 6.54 Å². The molecule has 0 aliphatic carbocycles. The second kappa shape index (κ2) is 7.58. The molecular weight excluding hydrogens is 262 g/mol. The first-order valence-electron chi connectivity index (χ1n) is 7.33. The monoisotopic (exact) mass is 285 g/mol. The van der Waals surface area contributed by atoms with Gasteiger partial charge in [-0.2, -0.15) is 0 Å². The Morgan fingerprint density at radius 2 is 1.95 bits per heavy atom. The lowest BCUT2D eigenvalue weighted by molar-refractivity contribution is 0.317. The summed E-state index contributed by atoms with van der Waals surface area (Å²) in [5, 5.41) is 3.42. The average molecular weight is 285 g/mol. The summed E-state index contributed by atoms with van der Waals surface area (Å²) in [6.45, 7) is 5.69. The highest BCUT2D eigenvalue weighted by molar-refractivity contribution is 5.49. The van der Waals surface area contributed by atoms with Crippen molar-refractivity contribution in [3.8, 4) is 11.5 Å².